The van der Waals surface area contributed by atoms with Crippen molar-refractivity contribution in [3.63, 3.8) is 0 Å². The van der Waals surface area contributed by atoms with E-state index in [1.165, 1.54) is 28.3 Å². The first kappa shape index (κ1) is 40.1. The molecule has 4 rings (SSSR count). The van der Waals surface area contributed by atoms with Gasteiger partial charge in [-0.15, -0.1) is 23.5 Å². The van der Waals surface area contributed by atoms with Crippen LogP contribution in [0.15, 0.2) is 60.7 Å². The maximum atomic E-state index is 7.26. The molecule has 0 N–H and O–H groups in total. The molecule has 2 saturated heterocycles. The maximum Gasteiger partial charge on any atom is 0.261 e. The van der Waals surface area contributed by atoms with E-state index in [0.29, 0.717) is 18.0 Å². The fraction of sp³-hybridized carbons (Fsp3) is 0.692. The van der Waals surface area contributed by atoms with E-state index >= 15 is 0 Å². The van der Waals surface area contributed by atoms with E-state index in [9.17, 15) is 0 Å². The molecule has 0 spiro atoms. The summed E-state index contributed by atoms with van der Waals surface area (Å²) in [7, 11) is -3.77. The molecule has 9 heteroatoms. The first-order chi connectivity index (χ1) is 22.5. The number of ether oxygens (including phenoxy) is 4. The Balaban J connectivity index is 1.48. The highest BCUT2D eigenvalue weighted by molar-refractivity contribution is 8.17. The van der Waals surface area contributed by atoms with Crippen LogP contribution < -0.4 is 10.4 Å². The second-order valence-corrected chi connectivity index (χ2v) is 29.5. The summed E-state index contributed by atoms with van der Waals surface area (Å²) >= 11 is 4.18. The lowest BCUT2D eigenvalue weighted by molar-refractivity contribution is -0.306. The minimum absolute atomic E-state index is 0.0143. The summed E-state index contributed by atoms with van der Waals surface area (Å²) in [6, 6.07) is 22.9. The third kappa shape index (κ3) is 10.9. The third-order valence-corrected chi connectivity index (χ3v) is 20.1. The van der Waals surface area contributed by atoms with Gasteiger partial charge in [0.05, 0.1) is 22.9 Å². The molecule has 0 radical (unpaired) electrons. The monoisotopic (exact) mass is 732 g/mol. The van der Waals surface area contributed by atoms with Gasteiger partial charge in [0.15, 0.2) is 5.79 Å². The van der Waals surface area contributed by atoms with E-state index in [1.54, 1.807) is 0 Å². The van der Waals surface area contributed by atoms with Crippen molar-refractivity contribution in [1.29, 1.82) is 0 Å². The molecule has 2 aliphatic heterocycles. The van der Waals surface area contributed by atoms with Gasteiger partial charge in [-0.3, -0.25) is 0 Å². The van der Waals surface area contributed by atoms with Gasteiger partial charge in [-0.2, -0.15) is 0 Å². The van der Waals surface area contributed by atoms with Gasteiger partial charge in [0.25, 0.3) is 8.32 Å². The van der Waals surface area contributed by atoms with Crippen LogP contribution in [0, 0.1) is 5.41 Å². The van der Waals surface area contributed by atoms with E-state index in [1.807, 2.05) is 0 Å². The molecule has 0 aromatic heterocycles. The Bertz CT molecular complexity index is 1190. The lowest BCUT2D eigenvalue weighted by atomic mass is 9.83. The van der Waals surface area contributed by atoms with E-state index in [-0.39, 0.29) is 28.8 Å². The van der Waals surface area contributed by atoms with Crippen molar-refractivity contribution >= 4 is 50.3 Å². The Kier molecular flexibility index (Phi) is 14.4. The quantitative estimate of drug-likeness (QED) is 0.0970. The van der Waals surface area contributed by atoms with Crippen LogP contribution >= 0.6 is 23.5 Å². The van der Waals surface area contributed by atoms with Crippen molar-refractivity contribution in [3.8, 4) is 0 Å². The first-order valence-electron chi connectivity index (χ1n) is 18.1. The van der Waals surface area contributed by atoms with Crippen molar-refractivity contribution in [1.82, 2.24) is 0 Å². The maximum absolute atomic E-state index is 7.26. The molecule has 2 aliphatic rings. The molecule has 270 valence electrons. The highest BCUT2D eigenvalue weighted by Gasteiger charge is 2.50. The smallest absolute Gasteiger partial charge is 0.261 e. The Morgan fingerprint density at radius 3 is 1.94 bits per heavy atom. The molecule has 2 fully saturated rings. The van der Waals surface area contributed by atoms with Crippen LogP contribution in [0.25, 0.3) is 0 Å². The molecule has 0 saturated carbocycles. The van der Waals surface area contributed by atoms with Gasteiger partial charge in [-0.25, -0.2) is 0 Å². The molecule has 0 aliphatic carbocycles. The van der Waals surface area contributed by atoms with Crippen LogP contribution in [0.2, 0.25) is 30.7 Å². The summed E-state index contributed by atoms with van der Waals surface area (Å²) in [5, 5.41) is 2.56. The zero-order chi connectivity index (χ0) is 35.1. The Labute approximate surface area is 303 Å². The standard InChI is InChI=1S/C39H64O5S2Si2/c1-37(2,3)48(33-18-13-11-14-19-33,34-20-15-12-16-21-34)42-23-22-31-28-32(44-39(6,7)43-31)29-35(41-30-40-24-27-47(8,9)10)38(4,5)36-45-25-17-26-46-36/h11-16,18-21,31-32,35-36H,17,22-30H2,1-10H3/t31-,32-,35+/m1/s1. The minimum Gasteiger partial charge on any atom is -0.407 e. The number of rotatable bonds is 16. The van der Waals surface area contributed by atoms with Gasteiger partial charge in [0.1, 0.15) is 6.79 Å². The molecule has 0 unspecified atom stereocenters. The molecule has 48 heavy (non-hydrogen) atoms. The van der Waals surface area contributed by atoms with Crippen LogP contribution in [-0.4, -0.2) is 76.6 Å². The van der Waals surface area contributed by atoms with Gasteiger partial charge in [-0.05, 0) is 59.7 Å². The second kappa shape index (κ2) is 17.3. The fourth-order valence-electron chi connectivity index (χ4n) is 7.11. The minimum atomic E-state index is -2.61. The lowest BCUT2D eigenvalue weighted by Gasteiger charge is -2.46. The van der Waals surface area contributed by atoms with Crippen LogP contribution in [0.5, 0.6) is 0 Å². The third-order valence-electron chi connectivity index (χ3n) is 9.69. The molecule has 0 bridgehead atoms. The van der Waals surface area contributed by atoms with Crippen molar-refractivity contribution in [2.24, 2.45) is 5.41 Å². The predicted octanol–water partition coefficient (Wildman–Crippen LogP) is 9.17. The first-order valence-corrected chi connectivity index (χ1v) is 25.8. The summed E-state index contributed by atoms with van der Waals surface area (Å²) in [6.45, 7) is 24.8. The summed E-state index contributed by atoms with van der Waals surface area (Å²) < 4.78 is 33.7. The van der Waals surface area contributed by atoms with Crippen molar-refractivity contribution in [2.75, 3.05) is 31.5 Å². The number of hydrogen-bond acceptors (Lipinski definition) is 7. The molecular weight excluding hydrogens is 669 g/mol. The van der Waals surface area contributed by atoms with Crippen LogP contribution in [0.1, 0.15) is 74.1 Å². The highest BCUT2D eigenvalue weighted by Crippen LogP contribution is 2.47. The number of hydrogen-bond donors (Lipinski definition) is 0. The zero-order valence-electron chi connectivity index (χ0n) is 31.5. The van der Waals surface area contributed by atoms with Gasteiger partial charge >= 0.3 is 0 Å². The average molecular weight is 733 g/mol. The Morgan fingerprint density at radius 2 is 1.40 bits per heavy atom. The van der Waals surface area contributed by atoms with E-state index in [4.69, 9.17) is 23.4 Å². The number of benzene rings is 2. The van der Waals surface area contributed by atoms with E-state index in [2.05, 4.69) is 152 Å². The summed E-state index contributed by atoms with van der Waals surface area (Å²) in [5.41, 5.74) is -0.0361. The summed E-state index contributed by atoms with van der Waals surface area (Å²) in [4.78, 5) is 0. The molecule has 0 amide bonds. The molecule has 2 aromatic rings. The zero-order valence-corrected chi connectivity index (χ0v) is 35.1. The largest absolute Gasteiger partial charge is 0.407 e. The average Bonchev–Trinajstić information content (AvgIpc) is 3.02. The summed E-state index contributed by atoms with van der Waals surface area (Å²) in [5.74, 6) is 1.76. The van der Waals surface area contributed by atoms with Crippen LogP contribution in [-0.2, 0) is 23.4 Å². The molecule has 2 heterocycles. The Morgan fingerprint density at radius 1 is 0.833 bits per heavy atom. The highest BCUT2D eigenvalue weighted by atomic mass is 32.2. The van der Waals surface area contributed by atoms with Crippen molar-refractivity contribution in [2.45, 2.75) is 134 Å². The van der Waals surface area contributed by atoms with Crippen LogP contribution in [0.4, 0.5) is 0 Å². The van der Waals surface area contributed by atoms with Gasteiger partial charge in [0, 0.05) is 39.5 Å². The second-order valence-electron chi connectivity index (χ2n) is 16.9. The van der Waals surface area contributed by atoms with E-state index < -0.39 is 22.2 Å². The van der Waals surface area contributed by atoms with Gasteiger partial charge in [-0.1, -0.05) is 115 Å². The SMILES string of the molecule is CC1(C)O[C@H](CCO[Si](c2ccccc2)(c2ccccc2)C(C)(C)C)C[C@H](C[C@H](OCOCC[Si](C)(C)C)C(C)(C)C2SCCCS2)O1. The Hall–Kier alpha value is -0.626. The van der Waals surface area contributed by atoms with Gasteiger partial charge < -0.3 is 23.4 Å². The van der Waals surface area contributed by atoms with Crippen molar-refractivity contribution < 1.29 is 23.4 Å². The molecule has 5 nitrogen and oxygen atoms in total. The molecule has 3 atom stereocenters. The molecule has 2 aromatic carbocycles. The molecular formula is C39H64O5S2Si2. The fourth-order valence-corrected chi connectivity index (χ4v) is 15.8. The topological polar surface area (TPSA) is 46.2 Å². The summed E-state index contributed by atoms with van der Waals surface area (Å²) in [6.07, 6.45) is 3.81. The van der Waals surface area contributed by atoms with Gasteiger partial charge in [0.2, 0.25) is 0 Å². The van der Waals surface area contributed by atoms with Crippen LogP contribution in [0.3, 0.4) is 0 Å². The predicted molar refractivity (Wildman–Crippen MR) is 212 cm³/mol. The normalized spacial score (nSPS) is 22.0. The lowest BCUT2D eigenvalue weighted by Crippen LogP contribution is -2.66. The van der Waals surface area contributed by atoms with Crippen molar-refractivity contribution in [3.05, 3.63) is 60.7 Å². The number of thioether (sulfide) groups is 2. The van der Waals surface area contributed by atoms with E-state index in [0.717, 1.165) is 31.9 Å².